The number of hydrogen-bond donors (Lipinski definition) is 1. The highest BCUT2D eigenvalue weighted by Crippen LogP contribution is 2.48. The normalized spacial score (nSPS) is 16.8. The molecule has 2 aliphatic rings. The fourth-order valence-electron chi connectivity index (χ4n) is 5.21. The molecule has 1 saturated heterocycles. The quantitative estimate of drug-likeness (QED) is 0.297. The first-order chi connectivity index (χ1) is 19.7. The molecule has 1 aromatic heterocycles. The standard InChI is InChI=1S/C29H26ClF3N2O6/c1-38-27(37)17-2-5-19(6-3-17)35-26(36)20(12-16-13-29(14-16)39-10-11-40-29)22-8-4-18(15-34-22)24-23(41-28(32)33)9-7-21(30)25(24)31/h2-9,15-16,20,28H,10-14H2,1H3,(H,35,36). The van der Waals surface area contributed by atoms with Crippen molar-refractivity contribution in [1.82, 2.24) is 4.98 Å². The van der Waals surface area contributed by atoms with Gasteiger partial charge in [-0.1, -0.05) is 17.7 Å². The number of esters is 1. The lowest BCUT2D eigenvalue weighted by Crippen LogP contribution is -2.45. The summed E-state index contributed by atoms with van der Waals surface area (Å²) in [4.78, 5) is 29.7. The zero-order chi connectivity index (χ0) is 29.1. The first-order valence-corrected chi connectivity index (χ1v) is 13.2. The summed E-state index contributed by atoms with van der Waals surface area (Å²) in [5.74, 6) is -3.37. The Hall–Kier alpha value is -3.67. The van der Waals surface area contributed by atoms with E-state index in [2.05, 4.69) is 15.0 Å². The molecule has 1 amide bonds. The summed E-state index contributed by atoms with van der Waals surface area (Å²) in [6.45, 7) is -2.12. The van der Waals surface area contributed by atoms with E-state index in [-0.39, 0.29) is 28.0 Å². The van der Waals surface area contributed by atoms with Crippen molar-refractivity contribution < 1.29 is 41.7 Å². The van der Waals surface area contributed by atoms with Crippen LogP contribution in [0.1, 0.15) is 41.2 Å². The highest BCUT2D eigenvalue weighted by Gasteiger charge is 2.50. The van der Waals surface area contributed by atoms with Crippen molar-refractivity contribution in [3.8, 4) is 16.9 Å². The number of anilines is 1. The molecule has 1 saturated carbocycles. The Morgan fingerprint density at radius 2 is 1.80 bits per heavy atom. The molecule has 1 atom stereocenters. The number of carbonyl (C=O) groups is 2. The van der Waals surface area contributed by atoms with E-state index >= 15 is 0 Å². The summed E-state index contributed by atoms with van der Waals surface area (Å²) >= 11 is 5.90. The lowest BCUT2D eigenvalue weighted by atomic mass is 9.73. The Balaban J connectivity index is 1.40. The van der Waals surface area contributed by atoms with Gasteiger partial charge >= 0.3 is 12.6 Å². The van der Waals surface area contributed by atoms with E-state index in [0.717, 1.165) is 12.1 Å². The number of rotatable bonds is 9. The van der Waals surface area contributed by atoms with Gasteiger partial charge in [-0.05, 0) is 54.8 Å². The van der Waals surface area contributed by atoms with E-state index in [4.69, 9.17) is 25.8 Å². The average molecular weight is 591 g/mol. The molecule has 1 aliphatic heterocycles. The number of hydrogen-bond acceptors (Lipinski definition) is 7. The third-order valence-corrected chi connectivity index (χ3v) is 7.47. The molecule has 12 heteroatoms. The van der Waals surface area contributed by atoms with Gasteiger partial charge in [0.25, 0.3) is 0 Å². The summed E-state index contributed by atoms with van der Waals surface area (Å²) in [5.41, 5.74) is 1.08. The molecule has 0 radical (unpaired) electrons. The monoisotopic (exact) mass is 590 g/mol. The molecule has 8 nitrogen and oxygen atoms in total. The van der Waals surface area contributed by atoms with E-state index in [1.165, 1.54) is 31.5 Å². The van der Waals surface area contributed by atoms with Crippen molar-refractivity contribution in [2.24, 2.45) is 5.92 Å². The number of benzene rings is 2. The molecule has 216 valence electrons. The third-order valence-electron chi connectivity index (χ3n) is 7.18. The van der Waals surface area contributed by atoms with Crippen molar-refractivity contribution in [3.05, 3.63) is 76.8 Å². The Bertz CT molecular complexity index is 1410. The number of amides is 1. The largest absolute Gasteiger partial charge is 0.465 e. The molecule has 1 N–H and O–H groups in total. The van der Waals surface area contributed by atoms with E-state index in [1.807, 2.05) is 0 Å². The van der Waals surface area contributed by atoms with Crippen LogP contribution >= 0.6 is 11.6 Å². The molecule has 2 heterocycles. The maximum absolute atomic E-state index is 14.9. The summed E-state index contributed by atoms with van der Waals surface area (Å²) in [6, 6.07) is 11.5. The minimum Gasteiger partial charge on any atom is -0.465 e. The van der Waals surface area contributed by atoms with Crippen LogP contribution in [0.5, 0.6) is 5.75 Å². The van der Waals surface area contributed by atoms with Gasteiger partial charge in [-0.25, -0.2) is 9.18 Å². The first-order valence-electron chi connectivity index (χ1n) is 12.8. The molecular formula is C29H26ClF3N2O6. The summed E-state index contributed by atoms with van der Waals surface area (Å²) in [6.07, 6.45) is 2.98. The Kier molecular flexibility index (Phi) is 8.48. The lowest BCUT2D eigenvalue weighted by molar-refractivity contribution is -0.231. The second kappa shape index (κ2) is 12.1. The van der Waals surface area contributed by atoms with E-state index < -0.39 is 35.9 Å². The number of alkyl halides is 2. The Morgan fingerprint density at radius 1 is 1.10 bits per heavy atom. The predicted molar refractivity (Wildman–Crippen MR) is 142 cm³/mol. The second-order valence-electron chi connectivity index (χ2n) is 9.81. The molecule has 1 aliphatic carbocycles. The molecule has 1 unspecified atom stereocenters. The minimum absolute atomic E-state index is 0.114. The number of carbonyl (C=O) groups excluding carboxylic acids is 2. The number of aromatic nitrogens is 1. The van der Waals surface area contributed by atoms with Crippen molar-refractivity contribution >= 4 is 29.2 Å². The van der Waals surface area contributed by atoms with Gasteiger partial charge in [-0.15, -0.1) is 0 Å². The maximum atomic E-state index is 14.9. The number of nitrogens with one attached hydrogen (secondary N) is 1. The van der Waals surface area contributed by atoms with Crippen LogP contribution < -0.4 is 10.1 Å². The topological polar surface area (TPSA) is 96.0 Å². The number of pyridine rings is 1. The van der Waals surface area contributed by atoms with Gasteiger partial charge in [-0.2, -0.15) is 8.78 Å². The van der Waals surface area contributed by atoms with Crippen LogP contribution in [-0.4, -0.2) is 49.6 Å². The second-order valence-corrected chi connectivity index (χ2v) is 10.2. The highest BCUT2D eigenvalue weighted by atomic mass is 35.5. The lowest BCUT2D eigenvalue weighted by Gasteiger charge is -2.43. The molecule has 3 aromatic rings. The summed E-state index contributed by atoms with van der Waals surface area (Å²) in [7, 11) is 1.28. The molecule has 1 spiro atoms. The van der Waals surface area contributed by atoms with Gasteiger partial charge in [0, 0.05) is 30.3 Å². The molecule has 0 bridgehead atoms. The Morgan fingerprint density at radius 3 is 2.41 bits per heavy atom. The Labute approximate surface area is 238 Å². The van der Waals surface area contributed by atoms with Crippen molar-refractivity contribution in [2.45, 2.75) is 37.6 Å². The van der Waals surface area contributed by atoms with Crippen LogP contribution in [0.4, 0.5) is 18.9 Å². The third kappa shape index (κ3) is 6.32. The zero-order valence-electron chi connectivity index (χ0n) is 21.9. The van der Waals surface area contributed by atoms with Gasteiger partial charge in [0.05, 0.1) is 48.1 Å². The minimum atomic E-state index is -3.17. The average Bonchev–Trinajstić information content (AvgIpc) is 3.44. The van der Waals surface area contributed by atoms with Crippen LogP contribution in [0.3, 0.4) is 0 Å². The number of ether oxygens (including phenoxy) is 4. The van der Waals surface area contributed by atoms with Gasteiger partial charge in [0.15, 0.2) is 11.6 Å². The molecule has 41 heavy (non-hydrogen) atoms. The fourth-order valence-corrected chi connectivity index (χ4v) is 5.36. The fraction of sp³-hybridized carbons (Fsp3) is 0.345. The van der Waals surface area contributed by atoms with Crippen LogP contribution in [0, 0.1) is 11.7 Å². The van der Waals surface area contributed by atoms with Crippen molar-refractivity contribution in [1.29, 1.82) is 0 Å². The van der Waals surface area contributed by atoms with Gasteiger partial charge in [-0.3, -0.25) is 9.78 Å². The molecule has 5 rings (SSSR count). The van der Waals surface area contributed by atoms with E-state index in [0.29, 0.717) is 49.4 Å². The van der Waals surface area contributed by atoms with Crippen LogP contribution in [0.2, 0.25) is 5.02 Å². The van der Waals surface area contributed by atoms with Crippen molar-refractivity contribution in [2.75, 3.05) is 25.6 Å². The van der Waals surface area contributed by atoms with Gasteiger partial charge < -0.3 is 24.3 Å². The van der Waals surface area contributed by atoms with Gasteiger partial charge in [0.2, 0.25) is 5.91 Å². The molecule has 2 fully saturated rings. The highest BCUT2D eigenvalue weighted by molar-refractivity contribution is 6.31. The van der Waals surface area contributed by atoms with Crippen molar-refractivity contribution in [3.63, 3.8) is 0 Å². The van der Waals surface area contributed by atoms with E-state index in [9.17, 15) is 22.8 Å². The summed E-state index contributed by atoms with van der Waals surface area (Å²) < 4.78 is 61.5. The zero-order valence-corrected chi connectivity index (χ0v) is 22.6. The van der Waals surface area contributed by atoms with E-state index in [1.54, 1.807) is 18.2 Å². The SMILES string of the molecule is COC(=O)c1ccc(NC(=O)C(CC2CC3(C2)OCCO3)c2ccc(-c3c(OC(F)F)ccc(Cl)c3F)cn2)cc1. The predicted octanol–water partition coefficient (Wildman–Crippen LogP) is 6.19. The number of methoxy groups -OCH3 is 1. The number of nitrogens with zero attached hydrogens (tertiary/aromatic N) is 1. The molecular weight excluding hydrogens is 565 g/mol. The smallest absolute Gasteiger partial charge is 0.387 e. The van der Waals surface area contributed by atoms with Crippen LogP contribution in [-0.2, 0) is 19.0 Å². The first kappa shape index (κ1) is 28.8. The molecule has 2 aromatic carbocycles. The summed E-state index contributed by atoms with van der Waals surface area (Å²) in [5, 5.41) is 2.59. The van der Waals surface area contributed by atoms with Gasteiger partial charge in [0.1, 0.15) is 5.75 Å². The maximum Gasteiger partial charge on any atom is 0.387 e. The number of halogens is 4. The van der Waals surface area contributed by atoms with Crippen LogP contribution in [0.15, 0.2) is 54.7 Å². The van der Waals surface area contributed by atoms with Crippen LogP contribution in [0.25, 0.3) is 11.1 Å².